The van der Waals surface area contributed by atoms with Crippen LogP contribution in [0.1, 0.15) is 29.6 Å². The molecule has 3 amide bonds. The molecule has 3 rings (SSSR count). The van der Waals surface area contributed by atoms with Crippen LogP contribution in [0.2, 0.25) is 0 Å². The lowest BCUT2D eigenvalue weighted by molar-refractivity contribution is 0.0949. The van der Waals surface area contributed by atoms with E-state index in [2.05, 4.69) is 10.6 Å². The van der Waals surface area contributed by atoms with Crippen molar-refractivity contribution in [3.63, 3.8) is 0 Å². The highest BCUT2D eigenvalue weighted by atomic mass is 16.5. The molecule has 0 aliphatic carbocycles. The number of nitrogens with zero attached hydrogens (tertiary/aromatic N) is 1. The average Bonchev–Trinajstić information content (AvgIpc) is 2.75. The van der Waals surface area contributed by atoms with E-state index >= 15 is 0 Å². The van der Waals surface area contributed by atoms with Crippen LogP contribution in [0.3, 0.4) is 0 Å². The second kappa shape index (κ2) is 9.78. The minimum Gasteiger partial charge on any atom is -0.497 e. The zero-order valence-corrected chi connectivity index (χ0v) is 16.2. The summed E-state index contributed by atoms with van der Waals surface area (Å²) in [7, 11) is 1.60. The van der Waals surface area contributed by atoms with Crippen molar-refractivity contribution < 1.29 is 14.3 Å². The molecule has 0 radical (unpaired) electrons. The molecule has 1 aliphatic rings. The Balaban J connectivity index is 1.36. The molecule has 1 fully saturated rings. The number of ether oxygens (including phenoxy) is 1. The van der Waals surface area contributed by atoms with Gasteiger partial charge in [0.2, 0.25) is 0 Å². The number of piperidine rings is 1. The predicted octanol–water partition coefficient (Wildman–Crippen LogP) is 3.76. The Labute approximate surface area is 165 Å². The maximum atomic E-state index is 12.3. The third-order valence-electron chi connectivity index (χ3n) is 5.12. The molecule has 0 saturated carbocycles. The number of amides is 3. The minimum atomic E-state index is -0.0673. The van der Waals surface area contributed by atoms with E-state index in [-0.39, 0.29) is 11.9 Å². The second-order valence-corrected chi connectivity index (χ2v) is 7.00. The summed E-state index contributed by atoms with van der Waals surface area (Å²) in [4.78, 5) is 26.4. The molecular formula is C22H27N3O3. The molecule has 0 spiro atoms. The van der Waals surface area contributed by atoms with Crippen LogP contribution in [-0.2, 0) is 0 Å². The first-order chi connectivity index (χ1) is 13.7. The van der Waals surface area contributed by atoms with Crippen LogP contribution in [-0.4, -0.2) is 43.6 Å². The van der Waals surface area contributed by atoms with Crippen LogP contribution in [0.5, 0.6) is 5.75 Å². The highest BCUT2D eigenvalue weighted by molar-refractivity contribution is 5.94. The van der Waals surface area contributed by atoms with Gasteiger partial charge >= 0.3 is 6.03 Å². The molecule has 2 aromatic carbocycles. The van der Waals surface area contributed by atoms with Gasteiger partial charge in [-0.2, -0.15) is 0 Å². The lowest BCUT2D eigenvalue weighted by Gasteiger charge is -2.32. The standard InChI is InChI=1S/C22H27N3O3/c1-28-20-9-7-18(8-10-20)21(26)23-14-11-17-12-15-25(16-13-17)22(27)24-19-5-3-2-4-6-19/h2-10,17H,11-16H2,1H3,(H,23,26)(H,24,27). The maximum Gasteiger partial charge on any atom is 0.321 e. The monoisotopic (exact) mass is 381 g/mol. The van der Waals surface area contributed by atoms with Crippen molar-refractivity contribution in [3.05, 3.63) is 60.2 Å². The molecule has 2 aromatic rings. The summed E-state index contributed by atoms with van der Waals surface area (Å²) >= 11 is 0. The first-order valence-corrected chi connectivity index (χ1v) is 9.69. The number of rotatable bonds is 6. The number of likely N-dealkylation sites (tertiary alicyclic amines) is 1. The highest BCUT2D eigenvalue weighted by Gasteiger charge is 2.22. The molecule has 148 valence electrons. The summed E-state index contributed by atoms with van der Waals surface area (Å²) in [5, 5.41) is 5.91. The molecule has 0 bridgehead atoms. The topological polar surface area (TPSA) is 70.7 Å². The number of para-hydroxylation sites is 1. The van der Waals surface area contributed by atoms with Gasteiger partial charge in [-0.1, -0.05) is 18.2 Å². The Morgan fingerprint density at radius 3 is 2.36 bits per heavy atom. The lowest BCUT2D eigenvalue weighted by atomic mass is 9.93. The van der Waals surface area contributed by atoms with Crippen molar-refractivity contribution in [2.24, 2.45) is 5.92 Å². The van der Waals surface area contributed by atoms with Gasteiger partial charge in [0.15, 0.2) is 0 Å². The molecule has 28 heavy (non-hydrogen) atoms. The molecule has 2 N–H and O–H groups in total. The molecule has 1 heterocycles. The number of hydrogen-bond acceptors (Lipinski definition) is 3. The van der Waals surface area contributed by atoms with E-state index in [1.165, 1.54) is 0 Å². The number of nitrogens with one attached hydrogen (secondary N) is 2. The van der Waals surface area contributed by atoms with Crippen molar-refractivity contribution in [1.82, 2.24) is 10.2 Å². The predicted molar refractivity (Wildman–Crippen MR) is 110 cm³/mol. The third-order valence-corrected chi connectivity index (χ3v) is 5.12. The zero-order chi connectivity index (χ0) is 19.8. The summed E-state index contributed by atoms with van der Waals surface area (Å²) < 4.78 is 5.10. The molecule has 1 aliphatic heterocycles. The zero-order valence-electron chi connectivity index (χ0n) is 16.2. The van der Waals surface area contributed by atoms with Gasteiger partial charge in [-0.15, -0.1) is 0 Å². The number of benzene rings is 2. The fraction of sp³-hybridized carbons (Fsp3) is 0.364. The van der Waals surface area contributed by atoms with Gasteiger partial charge in [0.25, 0.3) is 5.91 Å². The van der Waals surface area contributed by atoms with Crippen molar-refractivity contribution in [2.45, 2.75) is 19.3 Å². The first-order valence-electron chi connectivity index (χ1n) is 9.69. The summed E-state index contributed by atoms with van der Waals surface area (Å²) in [6.45, 7) is 2.14. The molecule has 6 heteroatoms. The van der Waals surface area contributed by atoms with Crippen molar-refractivity contribution in [3.8, 4) is 5.75 Å². The van der Waals surface area contributed by atoms with E-state index < -0.39 is 0 Å². The fourth-order valence-electron chi connectivity index (χ4n) is 3.38. The molecule has 0 atom stereocenters. The minimum absolute atomic E-state index is 0.0440. The number of anilines is 1. The van der Waals surface area contributed by atoms with Crippen LogP contribution >= 0.6 is 0 Å². The average molecular weight is 381 g/mol. The number of carbonyl (C=O) groups excluding carboxylic acids is 2. The Bertz CT molecular complexity index is 769. The van der Waals surface area contributed by atoms with E-state index in [1.54, 1.807) is 31.4 Å². The van der Waals surface area contributed by atoms with Gasteiger partial charge in [-0.05, 0) is 61.6 Å². The maximum absolute atomic E-state index is 12.3. The van der Waals surface area contributed by atoms with Crippen LogP contribution in [0.25, 0.3) is 0 Å². The SMILES string of the molecule is COc1ccc(C(=O)NCCC2CCN(C(=O)Nc3ccccc3)CC2)cc1. The third kappa shape index (κ3) is 5.49. The van der Waals surface area contributed by atoms with Crippen LogP contribution in [0.4, 0.5) is 10.5 Å². The summed E-state index contributed by atoms with van der Waals surface area (Å²) in [6, 6.07) is 16.6. The Hall–Kier alpha value is -3.02. The molecule has 0 unspecified atom stereocenters. The fourth-order valence-corrected chi connectivity index (χ4v) is 3.38. The van der Waals surface area contributed by atoms with Crippen LogP contribution < -0.4 is 15.4 Å². The van der Waals surface area contributed by atoms with E-state index in [4.69, 9.17) is 4.74 Å². The summed E-state index contributed by atoms with van der Waals surface area (Å²) in [5.41, 5.74) is 1.45. The number of carbonyl (C=O) groups is 2. The Morgan fingerprint density at radius 2 is 1.71 bits per heavy atom. The quantitative estimate of drug-likeness (QED) is 0.800. The number of urea groups is 1. The number of methoxy groups -OCH3 is 1. The van der Waals surface area contributed by atoms with Crippen molar-refractivity contribution in [2.75, 3.05) is 32.1 Å². The van der Waals surface area contributed by atoms with E-state index in [0.29, 0.717) is 18.0 Å². The Kier molecular flexibility index (Phi) is 6.89. The first kappa shape index (κ1) is 19.7. The van der Waals surface area contributed by atoms with Gasteiger partial charge < -0.3 is 20.3 Å². The molecule has 1 saturated heterocycles. The summed E-state index contributed by atoms with van der Waals surface area (Å²) in [6.07, 6.45) is 2.84. The Morgan fingerprint density at radius 1 is 1.04 bits per heavy atom. The largest absolute Gasteiger partial charge is 0.497 e. The van der Waals surface area contributed by atoms with Crippen molar-refractivity contribution >= 4 is 17.6 Å². The van der Waals surface area contributed by atoms with Gasteiger partial charge in [0.1, 0.15) is 5.75 Å². The highest BCUT2D eigenvalue weighted by Crippen LogP contribution is 2.21. The normalized spacial score (nSPS) is 14.4. The van der Waals surface area contributed by atoms with Gasteiger partial charge in [-0.3, -0.25) is 4.79 Å². The molecule has 6 nitrogen and oxygen atoms in total. The summed E-state index contributed by atoms with van der Waals surface area (Å²) in [5.74, 6) is 1.19. The van der Waals surface area contributed by atoms with Gasteiger partial charge in [0.05, 0.1) is 7.11 Å². The molecular weight excluding hydrogens is 354 g/mol. The molecule has 0 aromatic heterocycles. The smallest absolute Gasteiger partial charge is 0.321 e. The van der Waals surface area contributed by atoms with Crippen molar-refractivity contribution in [1.29, 1.82) is 0 Å². The van der Waals surface area contributed by atoms with Gasteiger partial charge in [-0.25, -0.2) is 4.79 Å². The number of hydrogen-bond donors (Lipinski definition) is 2. The lowest BCUT2D eigenvalue weighted by Crippen LogP contribution is -2.41. The van der Waals surface area contributed by atoms with E-state index in [1.807, 2.05) is 35.2 Å². The van der Waals surface area contributed by atoms with Crippen LogP contribution in [0.15, 0.2) is 54.6 Å². The van der Waals surface area contributed by atoms with Gasteiger partial charge in [0, 0.05) is 30.9 Å². The van der Waals surface area contributed by atoms with Crippen LogP contribution in [0, 0.1) is 5.92 Å². The second-order valence-electron chi connectivity index (χ2n) is 7.00. The van der Waals surface area contributed by atoms with E-state index in [0.717, 1.165) is 43.8 Å². The van der Waals surface area contributed by atoms with E-state index in [9.17, 15) is 9.59 Å².